The molecule has 4 heteroatoms. The van der Waals surface area contributed by atoms with E-state index in [-0.39, 0.29) is 17.6 Å². The first-order chi connectivity index (χ1) is 10.1. The predicted octanol–water partition coefficient (Wildman–Crippen LogP) is 3.58. The molecular formula is C17H19FN2O. The van der Waals surface area contributed by atoms with Crippen LogP contribution >= 0.6 is 0 Å². The third-order valence-corrected chi connectivity index (χ3v) is 4.00. The van der Waals surface area contributed by atoms with Crippen LogP contribution in [0.3, 0.4) is 0 Å². The van der Waals surface area contributed by atoms with Crippen LogP contribution in [-0.2, 0) is 4.79 Å². The molecule has 0 saturated carbocycles. The zero-order chi connectivity index (χ0) is 15.0. The number of carbonyl (C=O) groups excluding carboxylic acids is 1. The highest BCUT2D eigenvalue weighted by molar-refractivity contribution is 5.93. The fourth-order valence-corrected chi connectivity index (χ4v) is 2.84. The van der Waals surface area contributed by atoms with Gasteiger partial charge in [-0.3, -0.25) is 4.79 Å². The number of amides is 1. The first-order valence-electron chi connectivity index (χ1n) is 7.31. The summed E-state index contributed by atoms with van der Waals surface area (Å²) in [4.78, 5) is 17.0. The van der Waals surface area contributed by atoms with Gasteiger partial charge < -0.3 is 9.88 Å². The fourth-order valence-electron chi connectivity index (χ4n) is 2.84. The molecule has 0 atom stereocenters. The first-order valence-corrected chi connectivity index (χ1v) is 7.31. The molecule has 1 amide bonds. The Morgan fingerprint density at radius 1 is 1.38 bits per heavy atom. The first kappa shape index (κ1) is 13.9. The van der Waals surface area contributed by atoms with E-state index in [1.165, 1.54) is 17.7 Å². The van der Waals surface area contributed by atoms with E-state index in [1.807, 2.05) is 31.0 Å². The van der Waals surface area contributed by atoms with Gasteiger partial charge in [0.1, 0.15) is 5.82 Å². The Kier molecular flexibility index (Phi) is 3.53. The topological polar surface area (TPSA) is 36.1 Å². The SMILES string of the molecule is CC(C)C(=O)N1CC=C(c2c[nH]c3cc(F)ccc23)CC1. The van der Waals surface area contributed by atoms with E-state index in [2.05, 4.69) is 11.1 Å². The Labute approximate surface area is 123 Å². The number of carbonyl (C=O) groups is 1. The number of rotatable bonds is 2. The largest absolute Gasteiger partial charge is 0.360 e. The van der Waals surface area contributed by atoms with Gasteiger partial charge >= 0.3 is 0 Å². The summed E-state index contributed by atoms with van der Waals surface area (Å²) >= 11 is 0. The summed E-state index contributed by atoms with van der Waals surface area (Å²) in [7, 11) is 0. The Bertz CT molecular complexity index is 715. The molecule has 1 N–H and O–H groups in total. The molecule has 1 aromatic heterocycles. The second-order valence-electron chi connectivity index (χ2n) is 5.81. The Morgan fingerprint density at radius 3 is 2.86 bits per heavy atom. The number of H-pyrrole nitrogens is 1. The third-order valence-electron chi connectivity index (χ3n) is 4.00. The Balaban J connectivity index is 1.86. The maximum absolute atomic E-state index is 13.2. The van der Waals surface area contributed by atoms with Gasteiger partial charge in [-0.15, -0.1) is 0 Å². The molecule has 0 unspecified atom stereocenters. The van der Waals surface area contributed by atoms with Crippen LogP contribution < -0.4 is 0 Å². The third kappa shape index (κ3) is 2.58. The highest BCUT2D eigenvalue weighted by Gasteiger charge is 2.21. The number of aromatic nitrogens is 1. The number of benzene rings is 1. The van der Waals surface area contributed by atoms with Crippen molar-refractivity contribution in [3.05, 3.63) is 41.9 Å². The second kappa shape index (κ2) is 5.35. The lowest BCUT2D eigenvalue weighted by molar-refractivity contribution is -0.134. The maximum atomic E-state index is 13.2. The van der Waals surface area contributed by atoms with Gasteiger partial charge in [-0.05, 0) is 30.2 Å². The molecule has 3 rings (SSSR count). The van der Waals surface area contributed by atoms with Gasteiger partial charge in [0.15, 0.2) is 0 Å². The lowest BCUT2D eigenvalue weighted by atomic mass is 9.98. The summed E-state index contributed by atoms with van der Waals surface area (Å²) in [5.41, 5.74) is 3.15. The molecule has 0 spiro atoms. The molecule has 1 aliphatic rings. The summed E-state index contributed by atoms with van der Waals surface area (Å²) in [5, 5.41) is 1.03. The number of fused-ring (bicyclic) bond motifs is 1. The lowest BCUT2D eigenvalue weighted by Gasteiger charge is -2.28. The van der Waals surface area contributed by atoms with E-state index >= 15 is 0 Å². The lowest BCUT2D eigenvalue weighted by Crippen LogP contribution is -2.37. The zero-order valence-corrected chi connectivity index (χ0v) is 12.3. The summed E-state index contributed by atoms with van der Waals surface area (Å²) in [6, 6.07) is 4.80. The van der Waals surface area contributed by atoms with Crippen LogP contribution in [0.1, 0.15) is 25.8 Å². The number of aromatic amines is 1. The minimum Gasteiger partial charge on any atom is -0.360 e. The molecule has 0 bridgehead atoms. The second-order valence-corrected chi connectivity index (χ2v) is 5.81. The van der Waals surface area contributed by atoms with Crippen LogP contribution in [0.15, 0.2) is 30.5 Å². The monoisotopic (exact) mass is 286 g/mol. The van der Waals surface area contributed by atoms with Crippen LogP contribution in [0, 0.1) is 11.7 Å². The van der Waals surface area contributed by atoms with Gasteiger partial charge in [0.25, 0.3) is 0 Å². The molecule has 2 heterocycles. The standard InChI is InChI=1S/C17H19FN2O/c1-11(2)17(21)20-7-5-12(6-8-20)15-10-19-16-9-13(18)3-4-14(15)16/h3-5,9-11,19H,6-8H2,1-2H3. The quantitative estimate of drug-likeness (QED) is 0.900. The molecular weight excluding hydrogens is 267 g/mol. The van der Waals surface area contributed by atoms with E-state index in [4.69, 9.17) is 0 Å². The van der Waals surface area contributed by atoms with Gasteiger partial charge in [-0.2, -0.15) is 0 Å². The summed E-state index contributed by atoms with van der Waals surface area (Å²) in [5.74, 6) is 0.00420. The Morgan fingerprint density at radius 2 is 2.19 bits per heavy atom. The molecule has 0 aliphatic carbocycles. The highest BCUT2D eigenvalue weighted by atomic mass is 19.1. The van der Waals surface area contributed by atoms with E-state index in [0.29, 0.717) is 6.54 Å². The molecule has 1 aliphatic heterocycles. The van der Waals surface area contributed by atoms with Crippen molar-refractivity contribution >= 4 is 22.4 Å². The summed E-state index contributed by atoms with van der Waals surface area (Å²) in [6.45, 7) is 5.25. The van der Waals surface area contributed by atoms with Crippen molar-refractivity contribution in [1.82, 2.24) is 9.88 Å². The van der Waals surface area contributed by atoms with E-state index in [1.54, 1.807) is 0 Å². The molecule has 21 heavy (non-hydrogen) atoms. The van der Waals surface area contributed by atoms with E-state index in [0.717, 1.165) is 29.4 Å². The van der Waals surface area contributed by atoms with Crippen molar-refractivity contribution in [3.63, 3.8) is 0 Å². The molecule has 0 radical (unpaired) electrons. The van der Waals surface area contributed by atoms with E-state index < -0.39 is 0 Å². The van der Waals surface area contributed by atoms with Crippen molar-refractivity contribution in [3.8, 4) is 0 Å². The zero-order valence-electron chi connectivity index (χ0n) is 12.3. The summed E-state index contributed by atoms with van der Waals surface area (Å²) < 4.78 is 13.2. The van der Waals surface area contributed by atoms with Gasteiger partial charge in [0.2, 0.25) is 5.91 Å². The van der Waals surface area contributed by atoms with Crippen molar-refractivity contribution in [1.29, 1.82) is 0 Å². The predicted molar refractivity (Wildman–Crippen MR) is 82.3 cm³/mol. The van der Waals surface area contributed by atoms with Crippen LogP contribution in [-0.4, -0.2) is 28.9 Å². The molecule has 0 fully saturated rings. The Hall–Kier alpha value is -2.10. The molecule has 1 aromatic carbocycles. The van der Waals surface area contributed by atoms with Gasteiger partial charge in [-0.25, -0.2) is 4.39 Å². The van der Waals surface area contributed by atoms with Crippen molar-refractivity contribution < 1.29 is 9.18 Å². The van der Waals surface area contributed by atoms with Crippen molar-refractivity contribution in [2.75, 3.05) is 13.1 Å². The van der Waals surface area contributed by atoms with Crippen LogP contribution in [0.5, 0.6) is 0 Å². The van der Waals surface area contributed by atoms with Gasteiger partial charge in [0, 0.05) is 41.7 Å². The van der Waals surface area contributed by atoms with Crippen molar-refractivity contribution in [2.45, 2.75) is 20.3 Å². The minimum atomic E-state index is -0.234. The van der Waals surface area contributed by atoms with Gasteiger partial charge in [0.05, 0.1) is 0 Å². The average Bonchev–Trinajstić information content (AvgIpc) is 2.89. The van der Waals surface area contributed by atoms with Crippen LogP contribution in [0.4, 0.5) is 4.39 Å². The van der Waals surface area contributed by atoms with Crippen molar-refractivity contribution in [2.24, 2.45) is 5.92 Å². The number of hydrogen-bond donors (Lipinski definition) is 1. The van der Waals surface area contributed by atoms with Gasteiger partial charge in [-0.1, -0.05) is 19.9 Å². The summed E-state index contributed by atoms with van der Waals surface area (Å²) in [6.07, 6.45) is 4.87. The number of hydrogen-bond acceptors (Lipinski definition) is 1. The highest BCUT2D eigenvalue weighted by Crippen LogP contribution is 2.29. The van der Waals surface area contributed by atoms with E-state index in [9.17, 15) is 9.18 Å². The smallest absolute Gasteiger partial charge is 0.225 e. The minimum absolute atomic E-state index is 0.0380. The number of halogens is 1. The average molecular weight is 286 g/mol. The molecule has 2 aromatic rings. The normalized spacial score (nSPS) is 15.6. The number of nitrogens with one attached hydrogen (secondary N) is 1. The number of nitrogens with zero attached hydrogens (tertiary/aromatic N) is 1. The maximum Gasteiger partial charge on any atom is 0.225 e. The molecule has 110 valence electrons. The molecule has 3 nitrogen and oxygen atoms in total. The van der Waals surface area contributed by atoms with Crippen LogP contribution in [0.2, 0.25) is 0 Å². The van der Waals surface area contributed by atoms with Crippen LogP contribution in [0.25, 0.3) is 16.5 Å². The molecule has 0 saturated heterocycles. The fraction of sp³-hybridized carbons (Fsp3) is 0.353.